The van der Waals surface area contributed by atoms with Gasteiger partial charge in [-0.15, -0.1) is 11.3 Å². The van der Waals surface area contributed by atoms with E-state index in [-0.39, 0.29) is 5.91 Å². The molecule has 6 nitrogen and oxygen atoms in total. The molecule has 0 spiro atoms. The van der Waals surface area contributed by atoms with Crippen LogP contribution < -0.4 is 16.0 Å². The van der Waals surface area contributed by atoms with Gasteiger partial charge in [-0.25, -0.2) is 15.8 Å². The highest BCUT2D eigenvalue weighted by Crippen LogP contribution is 2.34. The number of nitrogen functional groups attached to an aromatic ring is 1. The SMILES string of the molecule is COc1ccccc1-c1nc(C)c2c(C)c(C(=O)NN)sc2n1. The number of hydrazine groups is 1. The average Bonchev–Trinajstić information content (AvgIpc) is 2.91. The predicted octanol–water partition coefficient (Wildman–Crippen LogP) is 2.59. The number of methoxy groups -OCH3 is 1. The number of rotatable bonds is 3. The number of carbonyl (C=O) groups is 1. The molecule has 0 aliphatic rings. The van der Waals surface area contributed by atoms with Gasteiger partial charge in [0.05, 0.1) is 23.2 Å². The van der Waals surface area contributed by atoms with Crippen LogP contribution in [0.5, 0.6) is 5.75 Å². The van der Waals surface area contributed by atoms with E-state index < -0.39 is 0 Å². The highest BCUT2D eigenvalue weighted by molar-refractivity contribution is 7.20. The number of benzene rings is 1. The summed E-state index contributed by atoms with van der Waals surface area (Å²) in [4.78, 5) is 22.4. The predicted molar refractivity (Wildman–Crippen MR) is 90.5 cm³/mol. The molecular weight excluding hydrogens is 312 g/mol. The number of thiophene rings is 1. The van der Waals surface area contributed by atoms with Crippen molar-refractivity contribution in [2.45, 2.75) is 13.8 Å². The zero-order chi connectivity index (χ0) is 16.6. The molecule has 3 aromatic rings. The van der Waals surface area contributed by atoms with E-state index in [1.807, 2.05) is 38.1 Å². The van der Waals surface area contributed by atoms with Crippen LogP contribution in [0.15, 0.2) is 24.3 Å². The third-order valence-electron chi connectivity index (χ3n) is 3.66. The minimum absolute atomic E-state index is 0.316. The molecular formula is C16H16N4O2S. The number of ether oxygens (including phenoxy) is 1. The first-order valence-electron chi connectivity index (χ1n) is 6.99. The van der Waals surface area contributed by atoms with E-state index in [1.165, 1.54) is 11.3 Å². The maximum absolute atomic E-state index is 11.9. The van der Waals surface area contributed by atoms with Gasteiger partial charge in [0.2, 0.25) is 0 Å². The molecule has 0 radical (unpaired) electrons. The number of hydrogen-bond acceptors (Lipinski definition) is 6. The number of amides is 1. The number of nitrogens with one attached hydrogen (secondary N) is 1. The molecule has 0 unspecified atom stereocenters. The average molecular weight is 328 g/mol. The molecule has 0 bridgehead atoms. The Hall–Kier alpha value is -2.51. The maximum Gasteiger partial charge on any atom is 0.275 e. The number of hydrogen-bond donors (Lipinski definition) is 2. The smallest absolute Gasteiger partial charge is 0.275 e. The molecule has 0 atom stereocenters. The summed E-state index contributed by atoms with van der Waals surface area (Å²) in [5, 5.41) is 0.896. The van der Waals surface area contributed by atoms with Gasteiger partial charge in [0.15, 0.2) is 5.82 Å². The van der Waals surface area contributed by atoms with Crippen LogP contribution in [0.1, 0.15) is 20.9 Å². The largest absolute Gasteiger partial charge is 0.496 e. The van der Waals surface area contributed by atoms with Crippen molar-refractivity contribution in [2.24, 2.45) is 5.84 Å². The highest BCUT2D eigenvalue weighted by atomic mass is 32.1. The second-order valence-electron chi connectivity index (χ2n) is 5.04. The minimum Gasteiger partial charge on any atom is -0.496 e. The fraction of sp³-hybridized carbons (Fsp3) is 0.188. The van der Waals surface area contributed by atoms with E-state index >= 15 is 0 Å². The van der Waals surface area contributed by atoms with E-state index in [9.17, 15) is 4.79 Å². The molecule has 2 aromatic heterocycles. The highest BCUT2D eigenvalue weighted by Gasteiger charge is 2.19. The normalized spacial score (nSPS) is 10.8. The summed E-state index contributed by atoms with van der Waals surface area (Å²) in [6.07, 6.45) is 0. The van der Waals surface area contributed by atoms with Crippen molar-refractivity contribution in [1.82, 2.24) is 15.4 Å². The van der Waals surface area contributed by atoms with Gasteiger partial charge < -0.3 is 4.74 Å². The van der Waals surface area contributed by atoms with Crippen LogP contribution >= 0.6 is 11.3 Å². The van der Waals surface area contributed by atoms with Gasteiger partial charge in [-0.1, -0.05) is 12.1 Å². The van der Waals surface area contributed by atoms with Crippen molar-refractivity contribution in [3.8, 4) is 17.1 Å². The quantitative estimate of drug-likeness (QED) is 0.438. The second kappa shape index (κ2) is 5.94. The standard InChI is InChI=1S/C16H16N4O2S/c1-8-12-9(2)18-14(10-6-4-5-7-11(10)22-3)19-16(12)23-13(8)15(21)20-17/h4-7H,17H2,1-3H3,(H,20,21). The fourth-order valence-electron chi connectivity index (χ4n) is 2.57. The summed E-state index contributed by atoms with van der Waals surface area (Å²) in [7, 11) is 1.61. The van der Waals surface area contributed by atoms with E-state index in [0.29, 0.717) is 16.5 Å². The van der Waals surface area contributed by atoms with Gasteiger partial charge in [-0.2, -0.15) is 0 Å². The van der Waals surface area contributed by atoms with Crippen molar-refractivity contribution in [3.05, 3.63) is 40.4 Å². The first-order chi connectivity index (χ1) is 11.1. The van der Waals surface area contributed by atoms with Gasteiger partial charge in [0.1, 0.15) is 10.6 Å². The van der Waals surface area contributed by atoms with Crippen molar-refractivity contribution >= 4 is 27.5 Å². The van der Waals surface area contributed by atoms with Gasteiger partial charge in [0, 0.05) is 5.39 Å². The van der Waals surface area contributed by atoms with Crippen LogP contribution in [0.3, 0.4) is 0 Å². The topological polar surface area (TPSA) is 90.1 Å². The maximum atomic E-state index is 11.9. The second-order valence-corrected chi connectivity index (χ2v) is 6.04. The van der Waals surface area contributed by atoms with Crippen LogP contribution in [-0.2, 0) is 0 Å². The minimum atomic E-state index is -0.316. The van der Waals surface area contributed by atoms with Crippen molar-refractivity contribution in [2.75, 3.05) is 7.11 Å². The van der Waals surface area contributed by atoms with E-state index in [0.717, 1.165) is 27.0 Å². The Kier molecular flexibility index (Phi) is 3.97. The van der Waals surface area contributed by atoms with Crippen LogP contribution in [0.4, 0.5) is 0 Å². The zero-order valence-electron chi connectivity index (χ0n) is 13.0. The molecule has 2 heterocycles. The number of carbonyl (C=O) groups excluding carboxylic acids is 1. The summed E-state index contributed by atoms with van der Waals surface area (Å²) in [5.74, 6) is 6.22. The molecule has 3 N–H and O–H groups in total. The van der Waals surface area contributed by atoms with Crippen LogP contribution in [0.2, 0.25) is 0 Å². The third kappa shape index (κ3) is 2.54. The summed E-state index contributed by atoms with van der Waals surface area (Å²) < 4.78 is 5.38. The summed E-state index contributed by atoms with van der Waals surface area (Å²) in [6, 6.07) is 7.58. The molecule has 1 aromatic carbocycles. The molecule has 0 saturated carbocycles. The van der Waals surface area contributed by atoms with E-state index in [1.54, 1.807) is 7.11 Å². The third-order valence-corrected chi connectivity index (χ3v) is 4.84. The molecule has 0 aliphatic heterocycles. The molecule has 0 aliphatic carbocycles. The fourth-order valence-corrected chi connectivity index (χ4v) is 3.71. The Morgan fingerprint density at radius 3 is 2.70 bits per heavy atom. The first kappa shape index (κ1) is 15.4. The molecule has 0 saturated heterocycles. The van der Waals surface area contributed by atoms with Crippen LogP contribution in [-0.4, -0.2) is 23.0 Å². The van der Waals surface area contributed by atoms with Crippen molar-refractivity contribution in [1.29, 1.82) is 0 Å². The summed E-state index contributed by atoms with van der Waals surface area (Å²) >= 11 is 1.31. The zero-order valence-corrected chi connectivity index (χ0v) is 13.8. The lowest BCUT2D eigenvalue weighted by atomic mass is 10.1. The van der Waals surface area contributed by atoms with Crippen LogP contribution in [0, 0.1) is 13.8 Å². The number of aromatic nitrogens is 2. The number of nitrogens with two attached hydrogens (primary N) is 1. The molecule has 1 amide bonds. The Morgan fingerprint density at radius 2 is 2.00 bits per heavy atom. The molecule has 23 heavy (non-hydrogen) atoms. The van der Waals surface area contributed by atoms with E-state index in [2.05, 4.69) is 15.4 Å². The van der Waals surface area contributed by atoms with Crippen molar-refractivity contribution < 1.29 is 9.53 Å². The Labute approximate surface area is 137 Å². The Morgan fingerprint density at radius 1 is 1.26 bits per heavy atom. The van der Waals surface area contributed by atoms with E-state index in [4.69, 9.17) is 10.6 Å². The van der Waals surface area contributed by atoms with Gasteiger partial charge in [0.25, 0.3) is 5.91 Å². The molecule has 118 valence electrons. The lowest BCUT2D eigenvalue weighted by Gasteiger charge is -2.08. The number of nitrogens with zero attached hydrogens (tertiary/aromatic N) is 2. The van der Waals surface area contributed by atoms with Gasteiger partial charge in [-0.3, -0.25) is 10.2 Å². The van der Waals surface area contributed by atoms with Crippen molar-refractivity contribution in [3.63, 3.8) is 0 Å². The van der Waals surface area contributed by atoms with Gasteiger partial charge in [-0.05, 0) is 31.5 Å². The Balaban J connectivity index is 2.24. The number of para-hydroxylation sites is 1. The number of fused-ring (bicyclic) bond motifs is 1. The number of aryl methyl sites for hydroxylation is 2. The Bertz CT molecular complexity index is 904. The lowest BCUT2D eigenvalue weighted by molar-refractivity contribution is 0.0957. The first-order valence-corrected chi connectivity index (χ1v) is 7.80. The lowest BCUT2D eigenvalue weighted by Crippen LogP contribution is -2.29. The summed E-state index contributed by atoms with van der Waals surface area (Å²) in [5.41, 5.74) is 4.65. The van der Waals surface area contributed by atoms with Gasteiger partial charge >= 0.3 is 0 Å². The monoisotopic (exact) mass is 328 g/mol. The molecule has 3 rings (SSSR count). The molecule has 7 heteroatoms. The van der Waals surface area contributed by atoms with Crippen LogP contribution in [0.25, 0.3) is 21.6 Å². The summed E-state index contributed by atoms with van der Waals surface area (Å²) in [6.45, 7) is 3.79. The molecule has 0 fully saturated rings.